The second kappa shape index (κ2) is 25.7. The van der Waals surface area contributed by atoms with Gasteiger partial charge in [-0.05, 0) is 163 Å². The highest BCUT2D eigenvalue weighted by Gasteiger charge is 2.52. The van der Waals surface area contributed by atoms with E-state index in [9.17, 15) is 19.2 Å². The number of amides is 2. The monoisotopic (exact) mass is 1210 g/mol. The van der Waals surface area contributed by atoms with Crippen molar-refractivity contribution in [2.24, 2.45) is 0 Å². The average Bonchev–Trinajstić information content (AvgIpc) is 4.30. The molecule has 1 fully saturated rings. The van der Waals surface area contributed by atoms with E-state index in [0.29, 0.717) is 61.6 Å². The van der Waals surface area contributed by atoms with Crippen LogP contribution in [0.25, 0.3) is 11.3 Å². The van der Waals surface area contributed by atoms with Gasteiger partial charge in [-0.15, -0.1) is 0 Å². The van der Waals surface area contributed by atoms with Gasteiger partial charge >= 0.3 is 19.3 Å². The van der Waals surface area contributed by atoms with Crippen LogP contribution in [0.3, 0.4) is 0 Å². The fraction of sp³-hybridized carbons (Fsp3) is 0.533. The van der Waals surface area contributed by atoms with Gasteiger partial charge in [0.1, 0.15) is 16.4 Å². The molecular weight excluding hydrogens is 1140 g/mol. The summed E-state index contributed by atoms with van der Waals surface area (Å²) in [5.41, 5.74) is 3.35. The first-order chi connectivity index (χ1) is 38.9. The lowest BCUT2D eigenvalue weighted by atomic mass is 9.76. The lowest BCUT2D eigenvalue weighted by Gasteiger charge is -2.32. The van der Waals surface area contributed by atoms with E-state index >= 15 is 0 Å². The average molecular weight is 1210 g/mol. The highest BCUT2D eigenvalue weighted by Crippen LogP contribution is 2.39. The van der Waals surface area contributed by atoms with Crippen LogP contribution in [0.2, 0.25) is 15.7 Å². The Morgan fingerprint density at radius 3 is 1.44 bits per heavy atom. The molecule has 2 aromatic carbocycles. The van der Waals surface area contributed by atoms with E-state index in [2.05, 4.69) is 40.2 Å². The Kier molecular flexibility index (Phi) is 19.9. The SMILES string of the molecule is CC(C)(C)OC(=O)N1CC[C@@H](CC(=O)c2noc(C(C)(C)C)n2)c2ccc(-c3ccnc(Cl)n3)cc2C1.CC(C)(C)OC(=O)N1CC[C@@H](CC(=O)c2noc(C(C)(C)C)n2)c2ccc(B3OC(C)(C)C(C)(C)O3)cc2C1.Clc1ccnc(Cl)n1. The molecule has 3 aliphatic heterocycles. The lowest BCUT2D eigenvalue weighted by Crippen LogP contribution is -2.41. The molecule has 2 amide bonds. The molecule has 7 heterocycles. The minimum absolute atomic E-state index is 0.0759. The summed E-state index contributed by atoms with van der Waals surface area (Å²) in [5.74, 6) is 0.337. The first-order valence-electron chi connectivity index (χ1n) is 27.9. The van der Waals surface area contributed by atoms with Crippen LogP contribution in [-0.2, 0) is 42.7 Å². The molecule has 0 bridgehead atoms. The molecule has 0 unspecified atom stereocenters. The van der Waals surface area contributed by atoms with Gasteiger partial charge in [-0.1, -0.05) is 93.8 Å². The maximum atomic E-state index is 13.3. The van der Waals surface area contributed by atoms with Gasteiger partial charge in [0, 0.05) is 67.8 Å². The van der Waals surface area contributed by atoms with Gasteiger partial charge in [0.15, 0.2) is 0 Å². The summed E-state index contributed by atoms with van der Waals surface area (Å²) >= 11 is 16.8. The third-order valence-corrected chi connectivity index (χ3v) is 14.8. The Hall–Kier alpha value is -6.39. The zero-order chi connectivity index (χ0) is 61.9. The molecule has 2 atom stereocenters. The van der Waals surface area contributed by atoms with Gasteiger partial charge in [-0.3, -0.25) is 9.59 Å². The number of hydrogen-bond donors (Lipinski definition) is 0. The zero-order valence-electron chi connectivity index (χ0n) is 50.9. The van der Waals surface area contributed by atoms with E-state index in [-0.39, 0.29) is 75.4 Å². The summed E-state index contributed by atoms with van der Waals surface area (Å²) < 4.78 is 34.6. The van der Waals surface area contributed by atoms with Crippen LogP contribution in [0.4, 0.5) is 9.59 Å². The van der Waals surface area contributed by atoms with Crippen LogP contribution < -0.4 is 5.46 Å². The quantitative estimate of drug-likeness (QED) is 0.0595. The molecule has 9 rings (SSSR count). The van der Waals surface area contributed by atoms with Crippen molar-refractivity contribution in [3.8, 4) is 11.3 Å². The molecule has 24 heteroatoms. The summed E-state index contributed by atoms with van der Waals surface area (Å²) in [7, 11) is -0.534. The van der Waals surface area contributed by atoms with Crippen molar-refractivity contribution in [2.45, 2.75) is 195 Å². The number of carbonyl (C=O) groups is 4. The van der Waals surface area contributed by atoms with Crippen molar-refractivity contribution in [2.75, 3.05) is 13.1 Å². The van der Waals surface area contributed by atoms with Crippen molar-refractivity contribution >= 4 is 71.1 Å². The molecule has 0 saturated carbocycles. The number of benzene rings is 2. The maximum Gasteiger partial charge on any atom is 0.494 e. The van der Waals surface area contributed by atoms with Crippen molar-refractivity contribution in [3.63, 3.8) is 0 Å². The van der Waals surface area contributed by atoms with Crippen LogP contribution >= 0.6 is 34.8 Å². The number of ether oxygens (including phenoxy) is 2. The van der Waals surface area contributed by atoms with Gasteiger partial charge in [0.05, 0.1) is 16.9 Å². The molecule has 3 aliphatic rings. The predicted molar refractivity (Wildman–Crippen MR) is 319 cm³/mol. The van der Waals surface area contributed by atoms with E-state index in [1.807, 2.05) is 147 Å². The van der Waals surface area contributed by atoms with Crippen LogP contribution in [0.5, 0.6) is 0 Å². The van der Waals surface area contributed by atoms with Gasteiger partial charge < -0.3 is 37.6 Å². The van der Waals surface area contributed by atoms with E-state index in [1.165, 1.54) is 6.20 Å². The van der Waals surface area contributed by atoms with Crippen molar-refractivity contribution in [3.05, 3.63) is 122 Å². The van der Waals surface area contributed by atoms with Gasteiger partial charge in [-0.25, -0.2) is 29.5 Å². The Morgan fingerprint density at radius 1 is 0.595 bits per heavy atom. The molecule has 0 spiro atoms. The smallest absolute Gasteiger partial charge is 0.444 e. The Balaban J connectivity index is 0.000000213. The lowest BCUT2D eigenvalue weighted by molar-refractivity contribution is 0.00578. The van der Waals surface area contributed by atoms with Crippen molar-refractivity contribution in [1.82, 2.24) is 50.0 Å². The summed E-state index contributed by atoms with van der Waals surface area (Å²) in [4.78, 5) is 80.1. The number of Topliss-reactive ketones (excluding diaryl/α,β-unsaturated/α-hetero) is 2. The molecule has 0 N–H and O–H groups in total. The number of rotatable bonds is 8. The van der Waals surface area contributed by atoms with E-state index in [1.54, 1.807) is 28.1 Å². The maximum absolute atomic E-state index is 13.3. The van der Waals surface area contributed by atoms with E-state index in [0.717, 1.165) is 33.3 Å². The minimum atomic E-state index is -0.621. The van der Waals surface area contributed by atoms with Crippen LogP contribution in [0.15, 0.2) is 70.0 Å². The number of fused-ring (bicyclic) bond motifs is 2. The standard InChI is InChI=1S/C29H42BN3O6.C27H32ClN5O4.C4H2Cl2N2/c1-26(2,3)24-31-23(32-37-24)22(34)16-18-13-14-33(25(35)36-27(4,5)6)17-19-15-20(11-12-21(18)19)30-38-28(7,8)29(9,10)39-30;1-26(2,3)23-31-22(32-37-23)21(34)14-16-10-12-33(25(35)36-27(4,5)6)15-18-13-17(7-8-19(16)18)20-9-11-29-24(28)30-20;5-3-1-2-7-4(6)8-3/h11-12,15,18H,13-14,16-17H2,1-10H3;7-9,11,13,16H,10,12,14-15H2,1-6H3;1-2H/t18-;16-;/m00./s1. The third-order valence-electron chi connectivity index (χ3n) is 14.2. The Morgan fingerprint density at radius 2 is 1.04 bits per heavy atom. The number of hydrogen-bond acceptors (Lipinski definition) is 18. The van der Waals surface area contributed by atoms with Gasteiger partial charge in [0.25, 0.3) is 0 Å². The molecule has 0 aliphatic carbocycles. The first-order valence-corrected chi connectivity index (χ1v) is 29.0. The molecule has 0 radical (unpaired) electrons. The highest BCUT2D eigenvalue weighted by atomic mass is 35.5. The first kappa shape index (κ1) is 65.2. The van der Waals surface area contributed by atoms with Crippen LogP contribution in [-0.4, -0.2) is 116 Å². The van der Waals surface area contributed by atoms with Crippen LogP contribution in [0.1, 0.15) is 204 Å². The second-order valence-corrected chi connectivity index (χ2v) is 27.3. The Bertz CT molecular complexity index is 3310. The van der Waals surface area contributed by atoms with E-state index in [4.69, 9.17) is 62.6 Å². The number of nitrogens with zero attached hydrogens (tertiary/aromatic N) is 10. The van der Waals surface area contributed by atoms with Crippen LogP contribution in [0, 0.1) is 0 Å². The van der Waals surface area contributed by atoms with Crippen molar-refractivity contribution in [1.29, 1.82) is 0 Å². The molecule has 20 nitrogen and oxygen atoms in total. The summed E-state index contributed by atoms with van der Waals surface area (Å²) in [6.45, 7) is 32.5. The molecule has 6 aromatic rings. The van der Waals surface area contributed by atoms with Gasteiger partial charge in [-0.2, -0.15) is 9.97 Å². The van der Waals surface area contributed by atoms with Gasteiger partial charge in [0.2, 0.25) is 45.6 Å². The molecular formula is C60H76BCl3N10O10. The number of aromatic nitrogens is 8. The number of carbonyl (C=O) groups excluding carboxylic acids is 4. The number of ketones is 2. The fourth-order valence-corrected chi connectivity index (χ4v) is 9.68. The highest BCUT2D eigenvalue weighted by molar-refractivity contribution is 6.62. The normalized spacial score (nSPS) is 17.7. The zero-order valence-corrected chi connectivity index (χ0v) is 53.1. The van der Waals surface area contributed by atoms with E-state index < -0.39 is 35.6 Å². The Labute approximate surface area is 507 Å². The second-order valence-electron chi connectivity index (χ2n) is 26.2. The third kappa shape index (κ3) is 17.2. The largest absolute Gasteiger partial charge is 0.494 e. The summed E-state index contributed by atoms with van der Waals surface area (Å²) in [6.07, 6.45) is 3.89. The summed E-state index contributed by atoms with van der Waals surface area (Å²) in [6, 6.07) is 15.3. The molecule has 84 heavy (non-hydrogen) atoms. The molecule has 4 aromatic heterocycles. The number of halogens is 3. The summed E-state index contributed by atoms with van der Waals surface area (Å²) in [5, 5.41) is 8.58. The minimum Gasteiger partial charge on any atom is -0.444 e. The molecule has 450 valence electrons. The predicted octanol–water partition coefficient (Wildman–Crippen LogP) is 12.9. The molecule has 1 saturated heterocycles. The topological polar surface area (TPSA) is 241 Å². The van der Waals surface area contributed by atoms with Crippen molar-refractivity contribution < 1.29 is 47.0 Å². The fourth-order valence-electron chi connectivity index (χ4n) is 9.20.